The van der Waals surface area contributed by atoms with E-state index >= 15 is 0 Å². The van der Waals surface area contributed by atoms with Gasteiger partial charge < -0.3 is 9.73 Å². The number of amides is 1. The van der Waals surface area contributed by atoms with Crippen LogP contribution in [0.3, 0.4) is 0 Å². The van der Waals surface area contributed by atoms with Crippen molar-refractivity contribution in [1.82, 2.24) is 0 Å². The number of hydrogen-bond acceptors (Lipinski definition) is 2. The molecule has 0 aromatic rings. The maximum Gasteiger partial charge on any atom is 0.221 e. The van der Waals surface area contributed by atoms with Crippen LogP contribution in [0.15, 0.2) is 34.9 Å². The molecule has 3 nitrogen and oxygen atoms in total. The van der Waals surface area contributed by atoms with Crippen LogP contribution in [0, 0.1) is 0 Å². The van der Waals surface area contributed by atoms with Crippen molar-refractivity contribution in [1.29, 1.82) is 0 Å². The summed E-state index contributed by atoms with van der Waals surface area (Å²) in [6, 6.07) is 7.43. The van der Waals surface area contributed by atoms with E-state index in [4.69, 9.17) is 4.42 Å². The molecule has 0 bridgehead atoms. The van der Waals surface area contributed by atoms with Crippen LogP contribution >= 0.6 is 0 Å². The van der Waals surface area contributed by atoms with E-state index < -0.39 is 0 Å². The number of fused-ring (bicyclic) bond motifs is 1. The number of nitrogens with one attached hydrogen (secondary N) is 1. The molecule has 0 radical (unpaired) electrons. The van der Waals surface area contributed by atoms with Crippen molar-refractivity contribution < 1.29 is 9.21 Å². The van der Waals surface area contributed by atoms with Gasteiger partial charge in [-0.25, -0.2) is 0 Å². The third-order valence-electron chi connectivity index (χ3n) is 1.75. The van der Waals surface area contributed by atoms with Crippen LogP contribution in [0.5, 0.6) is 0 Å². The minimum Gasteiger partial charge on any atom is -0.464 e. The molecule has 2 aliphatic rings. The lowest BCUT2D eigenvalue weighted by Crippen LogP contribution is -2.03. The van der Waals surface area contributed by atoms with Gasteiger partial charge in [-0.1, -0.05) is 0 Å². The first-order valence-corrected chi connectivity index (χ1v) is 4.00. The molecule has 0 saturated heterocycles. The van der Waals surface area contributed by atoms with Gasteiger partial charge in [-0.05, 0) is 18.2 Å². The largest absolute Gasteiger partial charge is 0.464 e. The van der Waals surface area contributed by atoms with E-state index in [0.717, 1.165) is 17.0 Å². The highest BCUT2D eigenvalue weighted by Crippen LogP contribution is 2.28. The predicted octanol–water partition coefficient (Wildman–Crippen LogP) is 2.34. The van der Waals surface area contributed by atoms with Gasteiger partial charge >= 0.3 is 0 Å². The topological polar surface area (TPSA) is 42.2 Å². The van der Waals surface area contributed by atoms with Crippen molar-refractivity contribution in [3.63, 3.8) is 0 Å². The Morgan fingerprint density at radius 2 is 2.31 bits per heavy atom. The number of anilines is 1. The molecule has 1 N–H and O–H groups in total. The van der Waals surface area contributed by atoms with E-state index in [1.807, 2.05) is 18.2 Å². The van der Waals surface area contributed by atoms with Crippen LogP contribution < -0.4 is 5.32 Å². The predicted molar refractivity (Wildman–Crippen MR) is 49.6 cm³/mol. The zero-order chi connectivity index (χ0) is 9.26. The standard InChI is InChI=1S/C10H9NO2/c1-7(12)11-9-5-8-3-2-4-13-10(8)6-9/h2-6H,1H3,(H,11,12). The normalized spacial score (nSPS) is 10.2. The first kappa shape index (κ1) is 7.86. The molecule has 0 aromatic carbocycles. The second kappa shape index (κ2) is 2.94. The Hall–Kier alpha value is -1.77. The highest BCUT2D eigenvalue weighted by atomic mass is 16.3. The van der Waals surface area contributed by atoms with Crippen LogP contribution in [0.25, 0.3) is 11.3 Å². The van der Waals surface area contributed by atoms with Gasteiger partial charge in [-0.15, -0.1) is 0 Å². The minimum absolute atomic E-state index is 0.0738. The Labute approximate surface area is 75.7 Å². The molecule has 0 atom stereocenters. The van der Waals surface area contributed by atoms with E-state index in [9.17, 15) is 4.79 Å². The summed E-state index contributed by atoms with van der Waals surface area (Å²) in [5.41, 5.74) is 1.77. The van der Waals surface area contributed by atoms with Gasteiger partial charge in [0.25, 0.3) is 0 Å². The fourth-order valence-electron chi connectivity index (χ4n) is 1.27. The van der Waals surface area contributed by atoms with Crippen LogP contribution in [-0.2, 0) is 4.79 Å². The maximum atomic E-state index is 10.7. The lowest BCUT2D eigenvalue weighted by atomic mass is 10.3. The van der Waals surface area contributed by atoms with Crippen molar-refractivity contribution in [2.45, 2.75) is 6.92 Å². The molecule has 2 rings (SSSR count). The quantitative estimate of drug-likeness (QED) is 0.722. The molecular formula is C10H9NO2. The summed E-state index contributed by atoms with van der Waals surface area (Å²) in [5.74, 6) is 0.710. The fourth-order valence-corrected chi connectivity index (χ4v) is 1.27. The molecule has 3 heteroatoms. The highest BCUT2D eigenvalue weighted by molar-refractivity contribution is 5.91. The number of rotatable bonds is 1. The molecule has 0 spiro atoms. The van der Waals surface area contributed by atoms with Gasteiger partial charge in [0.2, 0.25) is 5.91 Å². The third-order valence-corrected chi connectivity index (χ3v) is 1.75. The Bertz CT molecular complexity index is 375. The minimum atomic E-state index is -0.0738. The summed E-state index contributed by atoms with van der Waals surface area (Å²) < 4.78 is 5.22. The van der Waals surface area contributed by atoms with E-state index in [1.165, 1.54) is 6.92 Å². The zero-order valence-corrected chi connectivity index (χ0v) is 7.20. The lowest BCUT2D eigenvalue weighted by Gasteiger charge is -1.93. The van der Waals surface area contributed by atoms with Crippen LogP contribution in [0.1, 0.15) is 6.92 Å². The molecule has 0 unspecified atom stereocenters. The van der Waals surface area contributed by atoms with Gasteiger partial charge in [0.1, 0.15) is 5.76 Å². The summed E-state index contributed by atoms with van der Waals surface area (Å²) >= 11 is 0. The van der Waals surface area contributed by atoms with E-state index in [2.05, 4.69) is 5.32 Å². The average molecular weight is 175 g/mol. The van der Waals surface area contributed by atoms with Crippen LogP contribution in [0.2, 0.25) is 0 Å². The van der Waals surface area contributed by atoms with Crippen molar-refractivity contribution in [2.75, 3.05) is 5.32 Å². The molecule has 1 aliphatic carbocycles. The van der Waals surface area contributed by atoms with Crippen molar-refractivity contribution in [3.05, 3.63) is 30.5 Å². The zero-order valence-electron chi connectivity index (χ0n) is 7.20. The monoisotopic (exact) mass is 175 g/mol. The summed E-state index contributed by atoms with van der Waals surface area (Å²) in [4.78, 5) is 10.7. The second-order valence-electron chi connectivity index (χ2n) is 2.86. The van der Waals surface area contributed by atoms with E-state index in [1.54, 1.807) is 12.3 Å². The van der Waals surface area contributed by atoms with Gasteiger partial charge in [0.05, 0.1) is 6.26 Å². The number of carbonyl (C=O) groups excluding carboxylic acids is 1. The molecule has 0 fully saturated rings. The van der Waals surface area contributed by atoms with Crippen molar-refractivity contribution in [2.24, 2.45) is 0 Å². The number of carbonyl (C=O) groups is 1. The van der Waals surface area contributed by atoms with Crippen LogP contribution in [-0.4, -0.2) is 5.91 Å². The molecule has 0 saturated carbocycles. The Morgan fingerprint density at radius 1 is 1.46 bits per heavy atom. The third kappa shape index (κ3) is 1.54. The molecule has 66 valence electrons. The number of hydrogen-bond donors (Lipinski definition) is 1. The molecule has 0 aromatic heterocycles. The maximum absolute atomic E-state index is 10.7. The Balaban J connectivity index is 2.39. The molecule has 1 aliphatic heterocycles. The van der Waals surface area contributed by atoms with Crippen molar-refractivity contribution >= 4 is 11.6 Å². The van der Waals surface area contributed by atoms with E-state index in [-0.39, 0.29) is 5.91 Å². The second-order valence-corrected chi connectivity index (χ2v) is 2.86. The van der Waals surface area contributed by atoms with Gasteiger partial charge in [-0.3, -0.25) is 4.79 Å². The Kier molecular flexibility index (Phi) is 1.77. The lowest BCUT2D eigenvalue weighted by molar-refractivity contribution is -0.114. The summed E-state index contributed by atoms with van der Waals surface area (Å²) in [7, 11) is 0. The first-order chi connectivity index (χ1) is 6.25. The van der Waals surface area contributed by atoms with Crippen molar-refractivity contribution in [3.8, 4) is 11.3 Å². The van der Waals surface area contributed by atoms with Gasteiger partial charge in [0, 0.05) is 24.2 Å². The summed E-state index contributed by atoms with van der Waals surface area (Å²) in [6.07, 6.45) is 1.61. The summed E-state index contributed by atoms with van der Waals surface area (Å²) in [6.45, 7) is 1.48. The van der Waals surface area contributed by atoms with E-state index in [0.29, 0.717) is 0 Å². The highest BCUT2D eigenvalue weighted by Gasteiger charge is 2.07. The molecule has 1 heterocycles. The molecule has 13 heavy (non-hydrogen) atoms. The SMILES string of the molecule is CC(=O)Nc1cc2cccoc-2c1. The Morgan fingerprint density at radius 3 is 3.00 bits per heavy atom. The fraction of sp³-hybridized carbons (Fsp3) is 0.100. The average Bonchev–Trinajstić information content (AvgIpc) is 2.44. The molecular weight excluding hydrogens is 166 g/mol. The van der Waals surface area contributed by atoms with Crippen LogP contribution in [0.4, 0.5) is 5.69 Å². The smallest absolute Gasteiger partial charge is 0.221 e. The van der Waals surface area contributed by atoms with Gasteiger partial charge in [-0.2, -0.15) is 0 Å². The first-order valence-electron chi connectivity index (χ1n) is 4.00. The molecule has 1 amide bonds. The summed E-state index contributed by atoms with van der Waals surface area (Å²) in [5, 5.41) is 2.70. The van der Waals surface area contributed by atoms with Gasteiger partial charge in [0.15, 0.2) is 0 Å².